The molecule has 2 rings (SSSR count). The second-order valence-electron chi connectivity index (χ2n) is 13.3. The normalized spacial score (nSPS) is 13.4. The number of amides is 1. The number of aromatic nitrogens is 2. The molecule has 274 valence electrons. The molecule has 1 heterocycles. The van der Waals surface area contributed by atoms with Crippen molar-refractivity contribution in [3.63, 3.8) is 0 Å². The van der Waals surface area contributed by atoms with Gasteiger partial charge in [0.1, 0.15) is 6.10 Å². The Labute approximate surface area is 286 Å². The van der Waals surface area contributed by atoms with Crippen LogP contribution in [0.1, 0.15) is 155 Å². The maximum atomic E-state index is 12.4. The van der Waals surface area contributed by atoms with Gasteiger partial charge in [-0.05, 0) is 35.6 Å². The van der Waals surface area contributed by atoms with E-state index in [0.29, 0.717) is 24.0 Å². The molecule has 0 saturated carbocycles. The first-order valence-corrected chi connectivity index (χ1v) is 18.8. The third-order valence-electron chi connectivity index (χ3n) is 9.19. The third-order valence-corrected chi connectivity index (χ3v) is 9.19. The van der Waals surface area contributed by atoms with Crippen molar-refractivity contribution in [2.75, 3.05) is 18.5 Å². The Balaban J connectivity index is 1.42. The summed E-state index contributed by atoms with van der Waals surface area (Å²) in [5.41, 5.74) is 1.07. The number of nitrogens with zero attached hydrogens (tertiary/aromatic N) is 3. The fraction of sp³-hybridized carbons (Fsp3) is 0.806. The predicted octanol–water partition coefficient (Wildman–Crippen LogP) is 7.73. The van der Waals surface area contributed by atoms with Gasteiger partial charge in [-0.25, -0.2) is 4.63 Å². The van der Waals surface area contributed by atoms with Gasteiger partial charge in [0, 0.05) is 19.0 Å². The molecule has 0 aliphatic rings. The van der Waals surface area contributed by atoms with E-state index in [4.69, 9.17) is 4.63 Å². The second-order valence-corrected chi connectivity index (χ2v) is 13.3. The fourth-order valence-electron chi connectivity index (χ4n) is 6.17. The van der Waals surface area contributed by atoms with E-state index in [-0.39, 0.29) is 17.1 Å². The molecule has 3 atom stereocenters. The molecule has 0 aliphatic heterocycles. The number of nitro groups is 1. The van der Waals surface area contributed by atoms with Gasteiger partial charge in [-0.1, -0.05) is 129 Å². The van der Waals surface area contributed by atoms with Crippen LogP contribution in [0.3, 0.4) is 0 Å². The summed E-state index contributed by atoms with van der Waals surface area (Å²) >= 11 is 0. The summed E-state index contributed by atoms with van der Waals surface area (Å²) in [4.78, 5) is 23.0. The average Bonchev–Trinajstić information content (AvgIpc) is 3.58. The van der Waals surface area contributed by atoms with Gasteiger partial charge in [0.2, 0.25) is 11.4 Å². The van der Waals surface area contributed by atoms with Crippen molar-refractivity contribution in [2.24, 2.45) is 0 Å². The van der Waals surface area contributed by atoms with Crippen LogP contribution in [0.25, 0.3) is 11.0 Å². The fourth-order valence-corrected chi connectivity index (χ4v) is 6.17. The molecular formula is C36H63N5O7. The number of unbranched alkanes of at least 4 members (excludes halogenated alkanes) is 19. The van der Waals surface area contributed by atoms with Gasteiger partial charge < -0.3 is 26.0 Å². The summed E-state index contributed by atoms with van der Waals surface area (Å²) in [5, 5.41) is 55.2. The molecule has 1 aromatic heterocycles. The van der Waals surface area contributed by atoms with Crippen molar-refractivity contribution < 1.29 is 29.7 Å². The van der Waals surface area contributed by atoms with E-state index in [1.165, 1.54) is 63.9 Å². The van der Waals surface area contributed by atoms with Crippen LogP contribution in [0.2, 0.25) is 0 Å². The predicted molar refractivity (Wildman–Crippen MR) is 190 cm³/mol. The summed E-state index contributed by atoms with van der Waals surface area (Å²) in [7, 11) is 0. The Kier molecular flexibility index (Phi) is 22.5. The number of benzene rings is 1. The lowest BCUT2D eigenvalue weighted by atomic mass is 9.99. The van der Waals surface area contributed by atoms with Crippen LogP contribution < -0.4 is 10.6 Å². The largest absolute Gasteiger partial charge is 0.394 e. The highest BCUT2D eigenvalue weighted by Gasteiger charge is 2.27. The number of anilines is 1. The molecular weight excluding hydrogens is 614 g/mol. The number of aliphatic hydroxyl groups is 3. The van der Waals surface area contributed by atoms with Crippen LogP contribution in [0, 0.1) is 10.1 Å². The molecule has 0 radical (unpaired) electrons. The average molecular weight is 678 g/mol. The highest BCUT2D eigenvalue weighted by molar-refractivity contribution is 5.93. The molecule has 0 unspecified atom stereocenters. The molecule has 12 nitrogen and oxygen atoms in total. The van der Waals surface area contributed by atoms with Gasteiger partial charge in [-0.15, -0.1) is 0 Å². The van der Waals surface area contributed by atoms with Crippen molar-refractivity contribution in [2.45, 2.75) is 173 Å². The number of rotatable bonds is 31. The molecule has 48 heavy (non-hydrogen) atoms. The van der Waals surface area contributed by atoms with Crippen LogP contribution in [0.5, 0.6) is 0 Å². The minimum atomic E-state index is -1.17. The molecule has 12 heteroatoms. The van der Waals surface area contributed by atoms with E-state index in [1.54, 1.807) is 6.07 Å². The number of fused-ring (bicyclic) bond motifs is 1. The standard InChI is InChI=1S/C36H63N5O7/c1-2-3-4-5-6-7-8-9-11-14-17-20-23-32(43)36(45)30(28-42)38-33(44)24-21-18-15-12-10-13-16-19-22-27-37-29-25-26-31(41(46)47)35-34(29)39-48-40-35/h25-26,30,32,36-37,42-43,45H,2-24,27-28H2,1H3,(H,38,44)/t30-,32-,36+/m1/s1. The van der Waals surface area contributed by atoms with Gasteiger partial charge >= 0.3 is 5.69 Å². The second kappa shape index (κ2) is 26.1. The lowest BCUT2D eigenvalue weighted by molar-refractivity contribution is -0.383. The first-order valence-electron chi connectivity index (χ1n) is 18.8. The highest BCUT2D eigenvalue weighted by Crippen LogP contribution is 2.28. The summed E-state index contributed by atoms with van der Waals surface area (Å²) < 4.78 is 4.69. The minimum Gasteiger partial charge on any atom is -0.394 e. The smallest absolute Gasteiger partial charge is 0.300 e. The topological polar surface area (TPSA) is 184 Å². The first kappa shape index (κ1) is 41.3. The molecule has 0 spiro atoms. The van der Waals surface area contributed by atoms with Crippen molar-refractivity contribution in [3.8, 4) is 0 Å². The van der Waals surface area contributed by atoms with Gasteiger partial charge in [0.25, 0.3) is 0 Å². The van der Waals surface area contributed by atoms with E-state index in [2.05, 4.69) is 27.9 Å². The number of hydrogen-bond donors (Lipinski definition) is 5. The Hall–Kier alpha value is -2.83. The molecule has 2 aromatic rings. The van der Waals surface area contributed by atoms with Crippen molar-refractivity contribution in [3.05, 3.63) is 22.2 Å². The maximum absolute atomic E-state index is 12.4. The molecule has 5 N–H and O–H groups in total. The molecule has 0 aliphatic carbocycles. The first-order chi connectivity index (χ1) is 23.4. The van der Waals surface area contributed by atoms with E-state index in [9.17, 15) is 30.2 Å². The zero-order valence-corrected chi connectivity index (χ0v) is 29.4. The number of nitro benzene ring substituents is 1. The van der Waals surface area contributed by atoms with E-state index in [1.807, 2.05) is 0 Å². The minimum absolute atomic E-state index is 0.124. The van der Waals surface area contributed by atoms with E-state index < -0.39 is 29.8 Å². The summed E-state index contributed by atoms with van der Waals surface area (Å²) in [6.45, 7) is 2.57. The Morgan fingerprint density at radius 2 is 1.31 bits per heavy atom. The summed E-state index contributed by atoms with van der Waals surface area (Å²) in [6, 6.07) is 2.19. The van der Waals surface area contributed by atoms with Crippen LogP contribution in [0.4, 0.5) is 11.4 Å². The van der Waals surface area contributed by atoms with Crippen LogP contribution in [-0.4, -0.2) is 67.9 Å². The van der Waals surface area contributed by atoms with Gasteiger partial charge in [-0.3, -0.25) is 14.9 Å². The number of nitrogens with one attached hydrogen (secondary N) is 2. The van der Waals surface area contributed by atoms with Gasteiger partial charge in [0.15, 0.2) is 5.52 Å². The molecule has 0 saturated heterocycles. The van der Waals surface area contributed by atoms with Crippen LogP contribution in [-0.2, 0) is 4.79 Å². The molecule has 1 amide bonds. The lowest BCUT2D eigenvalue weighted by Crippen LogP contribution is -2.50. The maximum Gasteiger partial charge on any atom is 0.300 e. The van der Waals surface area contributed by atoms with Crippen molar-refractivity contribution in [1.29, 1.82) is 0 Å². The number of hydrogen-bond acceptors (Lipinski definition) is 10. The highest BCUT2D eigenvalue weighted by atomic mass is 16.6. The van der Waals surface area contributed by atoms with Crippen LogP contribution >= 0.6 is 0 Å². The van der Waals surface area contributed by atoms with Crippen LogP contribution in [0.15, 0.2) is 16.8 Å². The molecule has 0 fully saturated rings. The number of non-ortho nitro benzene ring substituents is 1. The third kappa shape index (κ3) is 17.0. The van der Waals surface area contributed by atoms with E-state index >= 15 is 0 Å². The van der Waals surface area contributed by atoms with Gasteiger partial charge in [0.05, 0.1) is 29.4 Å². The van der Waals surface area contributed by atoms with Crippen molar-refractivity contribution >= 4 is 28.3 Å². The molecule has 0 bridgehead atoms. The summed E-state index contributed by atoms with van der Waals surface area (Å²) in [5.74, 6) is -0.200. The Bertz CT molecular complexity index is 1130. The lowest BCUT2D eigenvalue weighted by Gasteiger charge is -2.26. The van der Waals surface area contributed by atoms with Crippen molar-refractivity contribution in [1.82, 2.24) is 15.6 Å². The molecule has 1 aromatic carbocycles. The quantitative estimate of drug-likeness (QED) is 0.0300. The number of carbonyl (C=O) groups is 1. The summed E-state index contributed by atoms with van der Waals surface area (Å²) in [6.07, 6.45) is 22.8. The monoisotopic (exact) mass is 677 g/mol. The van der Waals surface area contributed by atoms with E-state index in [0.717, 1.165) is 83.6 Å². The zero-order chi connectivity index (χ0) is 34.8. The van der Waals surface area contributed by atoms with Gasteiger partial charge in [-0.2, -0.15) is 0 Å². The Morgan fingerprint density at radius 3 is 1.88 bits per heavy atom. The Morgan fingerprint density at radius 1 is 0.792 bits per heavy atom. The zero-order valence-electron chi connectivity index (χ0n) is 29.4. The number of carbonyl (C=O) groups excluding carboxylic acids is 1. The number of aliphatic hydroxyl groups excluding tert-OH is 3. The SMILES string of the molecule is CCCCCCCCCCCCCC[C@@H](O)[C@@H](O)[C@@H](CO)NC(=O)CCCCCCCCCCCNc1ccc([N+](=O)[O-])c2nonc12.